The maximum absolute atomic E-state index is 14.6. The van der Waals surface area contributed by atoms with E-state index < -0.39 is 0 Å². The second-order valence-electron chi connectivity index (χ2n) is 5.99. The first-order valence-corrected chi connectivity index (χ1v) is 11.3. The lowest BCUT2D eigenvalue weighted by atomic mass is 9.98. The number of hydrogen-bond acceptors (Lipinski definition) is 1. The number of benzene rings is 1. The molecular formula is C27H34BFS. The molecule has 0 saturated carbocycles. The Bertz CT molecular complexity index is 911. The molecule has 30 heavy (non-hydrogen) atoms. The van der Waals surface area contributed by atoms with E-state index in [9.17, 15) is 4.39 Å². The quantitative estimate of drug-likeness (QED) is 0.325. The van der Waals surface area contributed by atoms with Crippen LogP contribution in [0, 0.1) is 5.82 Å². The molecule has 0 saturated heterocycles. The summed E-state index contributed by atoms with van der Waals surface area (Å²) in [6.07, 6.45) is 11.7. The first kappa shape index (κ1) is 27.6. The molecule has 1 heterocycles. The predicted molar refractivity (Wildman–Crippen MR) is 138 cm³/mol. The highest BCUT2D eigenvalue weighted by Crippen LogP contribution is 2.28. The van der Waals surface area contributed by atoms with Crippen molar-refractivity contribution in [1.82, 2.24) is 0 Å². The summed E-state index contributed by atoms with van der Waals surface area (Å²) >= 11 is 1.51. The molecule has 0 aliphatic carbocycles. The summed E-state index contributed by atoms with van der Waals surface area (Å²) in [5.41, 5.74) is 5.11. The standard InChI is InChI=1S/C23H22BFS.2C2H6/c1-5-7-8-16(3)18(6-2)10-9-17(4)21-12-11-19(13-22(21)25)23-14-20(24)15-26-23;2*1-2/h5-15H,2H2,1,3-4H3;2*1-2H3/b7-5-,16-8+,17-9+,18-10+;;. The number of allylic oxidation sites excluding steroid dienone is 9. The van der Waals surface area contributed by atoms with Crippen molar-refractivity contribution >= 4 is 30.2 Å². The summed E-state index contributed by atoms with van der Waals surface area (Å²) in [4.78, 5) is 0.966. The number of thiophene rings is 1. The Morgan fingerprint density at radius 2 is 1.70 bits per heavy atom. The molecule has 0 aliphatic heterocycles. The van der Waals surface area contributed by atoms with Gasteiger partial charge in [0.05, 0.1) is 0 Å². The molecule has 158 valence electrons. The molecule has 0 amide bonds. The van der Waals surface area contributed by atoms with Gasteiger partial charge >= 0.3 is 0 Å². The summed E-state index contributed by atoms with van der Waals surface area (Å²) < 4.78 is 14.6. The SMILES string of the molecule is CC.CC.[B]c1csc(-c2ccc(/C(C)=C/C=C(C=C)/C(C)=C/C=C\C)c(F)c2)c1. The molecule has 0 nitrogen and oxygen atoms in total. The Hall–Kier alpha value is -2.39. The third-order valence-corrected chi connectivity index (χ3v) is 5.02. The molecule has 0 bridgehead atoms. The van der Waals surface area contributed by atoms with Gasteiger partial charge in [-0.05, 0) is 54.5 Å². The highest BCUT2D eigenvalue weighted by molar-refractivity contribution is 7.14. The summed E-state index contributed by atoms with van der Waals surface area (Å²) in [5, 5.41) is 1.86. The molecule has 2 rings (SSSR count). The van der Waals surface area contributed by atoms with E-state index in [1.54, 1.807) is 12.1 Å². The minimum atomic E-state index is -0.238. The lowest BCUT2D eigenvalue weighted by molar-refractivity contribution is 0.624. The second-order valence-corrected chi connectivity index (χ2v) is 6.90. The first-order valence-electron chi connectivity index (χ1n) is 10.4. The third kappa shape index (κ3) is 8.55. The summed E-state index contributed by atoms with van der Waals surface area (Å²) in [6, 6.07) is 7.17. The highest BCUT2D eigenvalue weighted by atomic mass is 32.1. The monoisotopic (exact) mass is 420 g/mol. The van der Waals surface area contributed by atoms with Gasteiger partial charge < -0.3 is 0 Å². The molecule has 3 heteroatoms. The predicted octanol–water partition coefficient (Wildman–Crippen LogP) is 8.44. The Labute approximate surface area is 188 Å². The van der Waals surface area contributed by atoms with Crippen LogP contribution >= 0.6 is 11.3 Å². The van der Waals surface area contributed by atoms with Gasteiger partial charge in [-0.1, -0.05) is 94.4 Å². The van der Waals surface area contributed by atoms with Crippen molar-refractivity contribution in [2.45, 2.75) is 48.5 Å². The van der Waals surface area contributed by atoms with Crippen LogP contribution in [0.3, 0.4) is 0 Å². The molecule has 1 aromatic heterocycles. The van der Waals surface area contributed by atoms with Gasteiger partial charge in [0.15, 0.2) is 0 Å². The van der Waals surface area contributed by atoms with Crippen LogP contribution < -0.4 is 5.46 Å². The number of rotatable bonds is 6. The van der Waals surface area contributed by atoms with Crippen molar-refractivity contribution in [3.63, 3.8) is 0 Å². The van der Waals surface area contributed by atoms with Crippen LogP contribution in [0.1, 0.15) is 54.0 Å². The lowest BCUT2D eigenvalue weighted by Gasteiger charge is -2.06. The summed E-state index contributed by atoms with van der Waals surface area (Å²) in [7, 11) is 5.75. The third-order valence-electron chi connectivity index (χ3n) is 4.03. The van der Waals surface area contributed by atoms with Gasteiger partial charge in [0.25, 0.3) is 0 Å². The molecule has 1 aromatic carbocycles. The summed E-state index contributed by atoms with van der Waals surface area (Å²) in [5.74, 6) is -0.238. The highest BCUT2D eigenvalue weighted by Gasteiger charge is 2.08. The zero-order valence-electron chi connectivity index (χ0n) is 19.4. The zero-order chi connectivity index (χ0) is 23.1. The maximum Gasteiger partial charge on any atom is 0.131 e. The maximum atomic E-state index is 14.6. The van der Waals surface area contributed by atoms with Gasteiger partial charge in [0.1, 0.15) is 13.7 Å². The average molecular weight is 420 g/mol. The molecule has 2 aromatic rings. The van der Waals surface area contributed by atoms with Crippen LogP contribution in [0.25, 0.3) is 16.0 Å². The Morgan fingerprint density at radius 3 is 2.20 bits per heavy atom. The van der Waals surface area contributed by atoms with Crippen LogP contribution in [-0.2, 0) is 0 Å². The molecular weight excluding hydrogens is 386 g/mol. The van der Waals surface area contributed by atoms with Crippen molar-refractivity contribution < 1.29 is 4.39 Å². The number of halogens is 1. The van der Waals surface area contributed by atoms with Gasteiger partial charge in [-0.25, -0.2) is 4.39 Å². The summed E-state index contributed by atoms with van der Waals surface area (Å²) in [6.45, 7) is 17.8. The minimum Gasteiger partial charge on any atom is -0.206 e. The topological polar surface area (TPSA) is 0 Å². The number of hydrogen-bond donors (Lipinski definition) is 0. The van der Waals surface area contributed by atoms with Crippen molar-refractivity contribution in [3.8, 4) is 10.4 Å². The largest absolute Gasteiger partial charge is 0.206 e. The molecule has 0 atom stereocenters. The van der Waals surface area contributed by atoms with Crippen molar-refractivity contribution in [1.29, 1.82) is 0 Å². The minimum absolute atomic E-state index is 0.238. The van der Waals surface area contributed by atoms with E-state index in [-0.39, 0.29) is 5.82 Å². The van der Waals surface area contributed by atoms with Gasteiger partial charge in [-0.15, -0.1) is 11.3 Å². The van der Waals surface area contributed by atoms with Gasteiger partial charge in [-0.3, -0.25) is 0 Å². The van der Waals surface area contributed by atoms with E-state index >= 15 is 0 Å². The fourth-order valence-corrected chi connectivity index (χ4v) is 3.29. The Kier molecular flexibility index (Phi) is 14.2. The smallest absolute Gasteiger partial charge is 0.131 e. The zero-order valence-corrected chi connectivity index (χ0v) is 20.2. The van der Waals surface area contributed by atoms with Crippen LogP contribution in [0.15, 0.2) is 83.8 Å². The second kappa shape index (κ2) is 15.5. The van der Waals surface area contributed by atoms with Crippen LogP contribution in [0.5, 0.6) is 0 Å². The van der Waals surface area contributed by atoms with Gasteiger partial charge in [0.2, 0.25) is 0 Å². The molecule has 0 fully saturated rings. The first-order chi connectivity index (χ1) is 14.5. The van der Waals surface area contributed by atoms with E-state index in [4.69, 9.17) is 7.85 Å². The Balaban J connectivity index is 0.00000198. The lowest BCUT2D eigenvalue weighted by Crippen LogP contribution is -1.93. The fourth-order valence-electron chi connectivity index (χ4n) is 2.49. The van der Waals surface area contributed by atoms with E-state index in [1.165, 1.54) is 11.3 Å². The molecule has 0 N–H and O–H groups in total. The molecule has 0 unspecified atom stereocenters. The average Bonchev–Trinajstić information content (AvgIpc) is 3.21. The molecule has 2 radical (unpaired) electrons. The van der Waals surface area contributed by atoms with Crippen molar-refractivity contribution in [2.24, 2.45) is 0 Å². The Morgan fingerprint density at radius 1 is 1.03 bits per heavy atom. The normalized spacial score (nSPS) is 12.1. The van der Waals surface area contributed by atoms with Crippen LogP contribution in [0.4, 0.5) is 4.39 Å². The molecule has 0 spiro atoms. The van der Waals surface area contributed by atoms with Crippen molar-refractivity contribution in [2.75, 3.05) is 0 Å². The van der Waals surface area contributed by atoms with Crippen molar-refractivity contribution in [3.05, 3.63) is 95.2 Å². The van der Waals surface area contributed by atoms with E-state index in [0.29, 0.717) is 11.0 Å². The molecule has 0 aliphatic rings. The van der Waals surface area contributed by atoms with Gasteiger partial charge in [-0.2, -0.15) is 0 Å². The van der Waals surface area contributed by atoms with E-state index in [2.05, 4.69) is 6.58 Å². The van der Waals surface area contributed by atoms with E-state index in [0.717, 1.165) is 27.2 Å². The van der Waals surface area contributed by atoms with E-state index in [1.807, 2.05) is 102 Å². The van der Waals surface area contributed by atoms with Crippen LogP contribution in [-0.4, -0.2) is 7.85 Å². The van der Waals surface area contributed by atoms with Crippen LogP contribution in [0.2, 0.25) is 0 Å². The van der Waals surface area contributed by atoms with Gasteiger partial charge in [0, 0.05) is 10.4 Å². The fraction of sp³-hybridized carbons (Fsp3) is 0.259.